The Labute approximate surface area is 144 Å². The smallest absolute Gasteiger partial charge is 0.240 e. The lowest BCUT2D eigenvalue weighted by Crippen LogP contribution is -2.52. The summed E-state index contributed by atoms with van der Waals surface area (Å²) in [7, 11) is 0. The second-order valence-electron chi connectivity index (χ2n) is 6.87. The monoisotopic (exact) mass is 322 g/mol. The van der Waals surface area contributed by atoms with Gasteiger partial charge in [-0.05, 0) is 30.4 Å². The molecule has 1 fully saturated rings. The number of benzene rings is 2. The SMILES string of the molecule is NC1(C(=O)NCC(Cc2ccccc2)c2ccccc2)CCCC1. The van der Waals surface area contributed by atoms with Crippen molar-refractivity contribution in [2.24, 2.45) is 5.73 Å². The normalized spacial score (nSPS) is 17.4. The van der Waals surface area contributed by atoms with Gasteiger partial charge in [-0.15, -0.1) is 0 Å². The molecule has 3 N–H and O–H groups in total. The molecular formula is C21H26N2O. The molecule has 126 valence electrons. The van der Waals surface area contributed by atoms with Gasteiger partial charge in [-0.3, -0.25) is 4.79 Å². The maximum absolute atomic E-state index is 12.5. The number of rotatable bonds is 6. The van der Waals surface area contributed by atoms with Crippen LogP contribution in [0.2, 0.25) is 0 Å². The highest BCUT2D eigenvalue weighted by Gasteiger charge is 2.37. The van der Waals surface area contributed by atoms with Crippen molar-refractivity contribution in [1.82, 2.24) is 5.32 Å². The van der Waals surface area contributed by atoms with Crippen LogP contribution in [0.15, 0.2) is 60.7 Å². The number of carbonyl (C=O) groups excluding carboxylic acids is 1. The van der Waals surface area contributed by atoms with Crippen LogP contribution >= 0.6 is 0 Å². The maximum Gasteiger partial charge on any atom is 0.240 e. The van der Waals surface area contributed by atoms with Gasteiger partial charge in [0.15, 0.2) is 0 Å². The van der Waals surface area contributed by atoms with E-state index in [9.17, 15) is 4.79 Å². The lowest BCUT2D eigenvalue weighted by molar-refractivity contribution is -0.126. The van der Waals surface area contributed by atoms with Gasteiger partial charge in [0.25, 0.3) is 0 Å². The minimum Gasteiger partial charge on any atom is -0.354 e. The number of hydrogen-bond acceptors (Lipinski definition) is 2. The highest BCUT2D eigenvalue weighted by Crippen LogP contribution is 2.27. The molecule has 0 radical (unpaired) electrons. The summed E-state index contributed by atoms with van der Waals surface area (Å²) in [5, 5.41) is 3.12. The molecule has 1 saturated carbocycles. The first-order valence-corrected chi connectivity index (χ1v) is 8.83. The van der Waals surface area contributed by atoms with E-state index in [0.717, 1.165) is 32.1 Å². The van der Waals surface area contributed by atoms with Crippen LogP contribution in [0.5, 0.6) is 0 Å². The van der Waals surface area contributed by atoms with Gasteiger partial charge < -0.3 is 11.1 Å². The number of nitrogens with one attached hydrogen (secondary N) is 1. The van der Waals surface area contributed by atoms with E-state index < -0.39 is 5.54 Å². The van der Waals surface area contributed by atoms with Gasteiger partial charge in [0, 0.05) is 12.5 Å². The van der Waals surface area contributed by atoms with E-state index in [0.29, 0.717) is 6.54 Å². The Bertz CT molecular complexity index is 648. The van der Waals surface area contributed by atoms with Gasteiger partial charge in [0.1, 0.15) is 0 Å². The average molecular weight is 322 g/mol. The average Bonchev–Trinajstić information content (AvgIpc) is 3.08. The second-order valence-corrected chi connectivity index (χ2v) is 6.87. The highest BCUT2D eigenvalue weighted by atomic mass is 16.2. The Morgan fingerprint density at radius 2 is 1.58 bits per heavy atom. The first-order chi connectivity index (χ1) is 11.7. The summed E-state index contributed by atoms with van der Waals surface area (Å²) < 4.78 is 0. The lowest BCUT2D eigenvalue weighted by atomic mass is 9.91. The molecule has 1 aliphatic carbocycles. The van der Waals surface area contributed by atoms with Crippen molar-refractivity contribution in [2.45, 2.75) is 43.6 Å². The third-order valence-corrected chi connectivity index (χ3v) is 5.05. The number of hydrogen-bond donors (Lipinski definition) is 2. The van der Waals surface area contributed by atoms with Crippen molar-refractivity contribution >= 4 is 5.91 Å². The molecule has 2 aromatic rings. The summed E-state index contributed by atoms with van der Waals surface area (Å²) in [5.41, 5.74) is 8.14. The van der Waals surface area contributed by atoms with E-state index in [4.69, 9.17) is 5.73 Å². The van der Waals surface area contributed by atoms with E-state index in [2.05, 4.69) is 53.8 Å². The highest BCUT2D eigenvalue weighted by molar-refractivity contribution is 5.86. The van der Waals surface area contributed by atoms with Gasteiger partial charge in [0.05, 0.1) is 5.54 Å². The summed E-state index contributed by atoms with van der Waals surface area (Å²) >= 11 is 0. The van der Waals surface area contributed by atoms with Crippen LogP contribution in [0.4, 0.5) is 0 Å². The van der Waals surface area contributed by atoms with E-state index in [1.165, 1.54) is 11.1 Å². The van der Waals surface area contributed by atoms with Crippen LogP contribution in [0.25, 0.3) is 0 Å². The summed E-state index contributed by atoms with van der Waals surface area (Å²) in [5.74, 6) is 0.261. The molecule has 3 rings (SSSR count). The minimum absolute atomic E-state index is 0.00833. The number of carbonyl (C=O) groups is 1. The number of nitrogens with two attached hydrogens (primary N) is 1. The molecule has 0 aliphatic heterocycles. The zero-order valence-corrected chi connectivity index (χ0v) is 14.1. The van der Waals surface area contributed by atoms with E-state index >= 15 is 0 Å². The lowest BCUT2D eigenvalue weighted by Gasteiger charge is -2.25. The van der Waals surface area contributed by atoms with Crippen molar-refractivity contribution < 1.29 is 4.79 Å². The van der Waals surface area contributed by atoms with Crippen LogP contribution < -0.4 is 11.1 Å². The molecule has 3 heteroatoms. The molecule has 1 amide bonds. The molecule has 1 atom stereocenters. The van der Waals surface area contributed by atoms with Crippen molar-refractivity contribution in [3.8, 4) is 0 Å². The van der Waals surface area contributed by atoms with Crippen LogP contribution in [0.1, 0.15) is 42.7 Å². The Morgan fingerprint density at radius 3 is 2.21 bits per heavy atom. The van der Waals surface area contributed by atoms with Crippen molar-refractivity contribution in [2.75, 3.05) is 6.54 Å². The quantitative estimate of drug-likeness (QED) is 0.856. The first kappa shape index (κ1) is 16.7. The van der Waals surface area contributed by atoms with Crippen molar-refractivity contribution in [1.29, 1.82) is 0 Å². The maximum atomic E-state index is 12.5. The minimum atomic E-state index is -0.659. The van der Waals surface area contributed by atoms with E-state index in [1.54, 1.807) is 0 Å². The zero-order valence-electron chi connectivity index (χ0n) is 14.1. The summed E-state index contributed by atoms with van der Waals surface area (Å²) in [6, 6.07) is 20.8. The van der Waals surface area contributed by atoms with Crippen molar-refractivity contribution in [3.63, 3.8) is 0 Å². The standard InChI is InChI=1S/C21H26N2O/c22-21(13-7-8-14-21)20(24)23-16-19(18-11-5-2-6-12-18)15-17-9-3-1-4-10-17/h1-6,9-12,19H,7-8,13-16,22H2,(H,23,24). The fraction of sp³-hybridized carbons (Fsp3) is 0.381. The second kappa shape index (κ2) is 7.63. The Hall–Kier alpha value is -2.13. The molecule has 0 heterocycles. The van der Waals surface area contributed by atoms with E-state index in [-0.39, 0.29) is 11.8 Å². The van der Waals surface area contributed by atoms with Gasteiger partial charge in [-0.1, -0.05) is 73.5 Å². The molecule has 0 spiro atoms. The fourth-order valence-corrected chi connectivity index (χ4v) is 3.56. The third kappa shape index (κ3) is 4.04. The van der Waals surface area contributed by atoms with Gasteiger partial charge in [-0.25, -0.2) is 0 Å². The van der Waals surface area contributed by atoms with Crippen LogP contribution in [0, 0.1) is 0 Å². The topological polar surface area (TPSA) is 55.1 Å². The van der Waals surface area contributed by atoms with Gasteiger partial charge in [-0.2, -0.15) is 0 Å². The zero-order chi connectivity index (χ0) is 16.8. The van der Waals surface area contributed by atoms with Crippen LogP contribution in [-0.2, 0) is 11.2 Å². The fourth-order valence-electron chi connectivity index (χ4n) is 3.56. The van der Waals surface area contributed by atoms with Gasteiger partial charge in [0.2, 0.25) is 5.91 Å². The molecule has 1 aliphatic rings. The molecule has 0 aromatic heterocycles. The molecule has 24 heavy (non-hydrogen) atoms. The summed E-state index contributed by atoms with van der Waals surface area (Å²) in [6.45, 7) is 0.622. The van der Waals surface area contributed by atoms with Crippen molar-refractivity contribution in [3.05, 3.63) is 71.8 Å². The summed E-state index contributed by atoms with van der Waals surface area (Å²) in [6.07, 6.45) is 4.61. The van der Waals surface area contributed by atoms with Gasteiger partial charge >= 0.3 is 0 Å². The molecule has 2 aromatic carbocycles. The third-order valence-electron chi connectivity index (χ3n) is 5.05. The Morgan fingerprint density at radius 1 is 1.00 bits per heavy atom. The molecule has 1 unspecified atom stereocenters. The molecular weight excluding hydrogens is 296 g/mol. The summed E-state index contributed by atoms with van der Waals surface area (Å²) in [4.78, 5) is 12.5. The predicted molar refractivity (Wildman–Crippen MR) is 97.7 cm³/mol. The molecule has 0 bridgehead atoms. The van der Waals surface area contributed by atoms with E-state index in [1.807, 2.05) is 12.1 Å². The molecule has 0 saturated heterocycles. The Kier molecular flexibility index (Phi) is 5.31. The predicted octanol–water partition coefficient (Wildman–Crippen LogP) is 3.40. The number of amides is 1. The largest absolute Gasteiger partial charge is 0.354 e. The van der Waals surface area contributed by atoms with Crippen LogP contribution in [-0.4, -0.2) is 18.0 Å². The Balaban J connectivity index is 1.69. The first-order valence-electron chi connectivity index (χ1n) is 8.83. The molecule has 3 nitrogen and oxygen atoms in total. The van der Waals surface area contributed by atoms with Crippen LogP contribution in [0.3, 0.4) is 0 Å².